The Morgan fingerprint density at radius 1 is 1.03 bits per heavy atom. The van der Waals surface area contributed by atoms with E-state index in [1.807, 2.05) is 6.92 Å². The molecule has 38 heavy (non-hydrogen) atoms. The van der Waals surface area contributed by atoms with Crippen LogP contribution in [0.3, 0.4) is 0 Å². The van der Waals surface area contributed by atoms with Crippen molar-refractivity contribution in [3.05, 3.63) is 29.8 Å². The predicted octanol–water partition coefficient (Wildman–Crippen LogP) is 3.99. The first-order valence-electron chi connectivity index (χ1n) is 13.8. The minimum Gasteiger partial charge on any atom is -0.490 e. The van der Waals surface area contributed by atoms with Gasteiger partial charge < -0.3 is 24.4 Å². The Labute approximate surface area is 231 Å². The van der Waals surface area contributed by atoms with Crippen molar-refractivity contribution in [2.75, 3.05) is 39.5 Å². The van der Waals surface area contributed by atoms with Crippen LogP contribution < -0.4 is 15.4 Å². The van der Waals surface area contributed by atoms with Crippen molar-refractivity contribution in [3.8, 4) is 5.75 Å². The number of unbranched alkanes of at least 4 members (excludes halogenated alkanes) is 7. The molecule has 212 valence electrons. The van der Waals surface area contributed by atoms with E-state index in [9.17, 15) is 14.4 Å². The highest BCUT2D eigenvalue weighted by Gasteiger charge is 2.34. The van der Waals surface area contributed by atoms with Gasteiger partial charge in [0.2, 0.25) is 5.91 Å². The monoisotopic (exact) mass is 549 g/mol. The van der Waals surface area contributed by atoms with Gasteiger partial charge in [-0.3, -0.25) is 19.7 Å². The third-order valence-electron chi connectivity index (χ3n) is 6.25. The Hall–Kier alpha value is -2.72. The third kappa shape index (κ3) is 11.3. The van der Waals surface area contributed by atoms with Crippen LogP contribution in [0, 0.1) is 0 Å². The third-order valence-corrected chi connectivity index (χ3v) is 6.59. The van der Waals surface area contributed by atoms with E-state index < -0.39 is 17.9 Å². The lowest BCUT2D eigenvalue weighted by Crippen LogP contribution is -2.60. The van der Waals surface area contributed by atoms with Crippen molar-refractivity contribution in [2.24, 2.45) is 0 Å². The van der Waals surface area contributed by atoms with E-state index in [2.05, 4.69) is 17.6 Å². The summed E-state index contributed by atoms with van der Waals surface area (Å²) in [6, 6.07) is 5.99. The molecule has 2 amide bonds. The summed E-state index contributed by atoms with van der Waals surface area (Å²) < 4.78 is 16.4. The van der Waals surface area contributed by atoms with Crippen molar-refractivity contribution in [2.45, 2.75) is 77.7 Å². The fourth-order valence-electron chi connectivity index (χ4n) is 4.17. The molecule has 1 atom stereocenters. The molecule has 0 aromatic heterocycles. The molecule has 1 aromatic rings. The van der Waals surface area contributed by atoms with Gasteiger partial charge in [0.1, 0.15) is 18.4 Å². The zero-order valence-corrected chi connectivity index (χ0v) is 23.6. The van der Waals surface area contributed by atoms with Crippen molar-refractivity contribution < 1.29 is 28.6 Å². The van der Waals surface area contributed by atoms with E-state index in [-0.39, 0.29) is 17.4 Å². The van der Waals surface area contributed by atoms with Crippen molar-refractivity contribution in [1.82, 2.24) is 15.5 Å². The summed E-state index contributed by atoms with van der Waals surface area (Å²) in [7, 11) is 0. The molecule has 2 N–H and O–H groups in total. The number of ether oxygens (including phenoxy) is 3. The number of amides is 2. The molecule has 1 aliphatic rings. The van der Waals surface area contributed by atoms with Crippen LogP contribution in [0.5, 0.6) is 5.75 Å². The first-order valence-corrected chi connectivity index (χ1v) is 14.2. The van der Waals surface area contributed by atoms with Gasteiger partial charge in [0.25, 0.3) is 5.91 Å². The van der Waals surface area contributed by atoms with E-state index in [0.29, 0.717) is 50.8 Å². The summed E-state index contributed by atoms with van der Waals surface area (Å²) in [6.07, 6.45) is 9.08. The second-order valence-electron chi connectivity index (χ2n) is 9.20. The van der Waals surface area contributed by atoms with Crippen LogP contribution >= 0.6 is 12.2 Å². The van der Waals surface area contributed by atoms with Gasteiger partial charge in [0.05, 0.1) is 25.2 Å². The van der Waals surface area contributed by atoms with Crippen LogP contribution in [0.4, 0.5) is 0 Å². The number of esters is 1. The summed E-state index contributed by atoms with van der Waals surface area (Å²) >= 11 is 5.47. The zero-order valence-electron chi connectivity index (χ0n) is 22.8. The fraction of sp³-hybridized carbons (Fsp3) is 0.643. The van der Waals surface area contributed by atoms with Crippen LogP contribution in [0.25, 0.3) is 0 Å². The largest absolute Gasteiger partial charge is 0.490 e. The number of rotatable bonds is 17. The smallest absolute Gasteiger partial charge is 0.308 e. The van der Waals surface area contributed by atoms with Gasteiger partial charge >= 0.3 is 5.97 Å². The number of thiocarbonyl (C=S) groups is 1. The molecule has 0 spiro atoms. The number of piperazine rings is 1. The van der Waals surface area contributed by atoms with Gasteiger partial charge in [-0.05, 0) is 37.7 Å². The molecule has 1 saturated heterocycles. The predicted molar refractivity (Wildman–Crippen MR) is 150 cm³/mol. The van der Waals surface area contributed by atoms with Crippen LogP contribution in [-0.4, -0.2) is 73.4 Å². The molecule has 0 radical (unpaired) electrons. The summed E-state index contributed by atoms with van der Waals surface area (Å²) in [4.78, 5) is 39.6. The number of carbonyl (C=O) groups is 3. The van der Waals surface area contributed by atoms with E-state index in [4.69, 9.17) is 26.4 Å². The maximum Gasteiger partial charge on any atom is 0.308 e. The molecule has 1 aromatic carbocycles. The van der Waals surface area contributed by atoms with Gasteiger partial charge in [-0.1, -0.05) is 64.0 Å². The molecule has 0 bridgehead atoms. The standard InChI is InChI=1S/C28H43N3O6S/c1-3-5-6-7-8-9-10-13-18-37-25(32)21-23-27(34)29-16-17-31(23)28(38)30-26(33)22-14-11-12-15-24(22)36-20-19-35-4-2/h11-12,14-15,23H,3-10,13,16-21H2,1-2H3,(H,29,34)(H,30,33,38). The van der Waals surface area contributed by atoms with Crippen LogP contribution in [0.1, 0.15) is 82.0 Å². The lowest BCUT2D eigenvalue weighted by Gasteiger charge is -2.36. The summed E-state index contributed by atoms with van der Waals surface area (Å²) in [6.45, 7) is 6.45. The second kappa shape index (κ2) is 18.5. The molecule has 1 heterocycles. The molecule has 1 fully saturated rings. The average molecular weight is 550 g/mol. The highest BCUT2D eigenvalue weighted by atomic mass is 32.1. The van der Waals surface area contributed by atoms with Crippen molar-refractivity contribution in [1.29, 1.82) is 0 Å². The van der Waals surface area contributed by atoms with Gasteiger partial charge in [0, 0.05) is 19.7 Å². The van der Waals surface area contributed by atoms with E-state index in [1.54, 1.807) is 29.2 Å². The van der Waals surface area contributed by atoms with Crippen LogP contribution in [-0.2, 0) is 19.1 Å². The first-order chi connectivity index (χ1) is 18.5. The highest BCUT2D eigenvalue weighted by molar-refractivity contribution is 7.80. The molecular formula is C28H43N3O6S. The Kier molecular flexibility index (Phi) is 15.3. The van der Waals surface area contributed by atoms with Gasteiger partial charge in [0.15, 0.2) is 5.11 Å². The molecule has 0 aliphatic carbocycles. The topological polar surface area (TPSA) is 106 Å². The van der Waals surface area contributed by atoms with E-state index in [0.717, 1.165) is 19.3 Å². The Morgan fingerprint density at radius 3 is 2.47 bits per heavy atom. The summed E-state index contributed by atoms with van der Waals surface area (Å²) in [5, 5.41) is 5.53. The minimum absolute atomic E-state index is 0.0786. The molecule has 9 nitrogen and oxygen atoms in total. The number of hydrogen-bond donors (Lipinski definition) is 2. The number of nitrogens with one attached hydrogen (secondary N) is 2. The Balaban J connectivity index is 1.84. The molecule has 10 heteroatoms. The molecule has 1 aliphatic heterocycles. The maximum atomic E-state index is 13.0. The molecule has 0 saturated carbocycles. The summed E-state index contributed by atoms with van der Waals surface area (Å²) in [5.41, 5.74) is 0.314. The van der Waals surface area contributed by atoms with Gasteiger partial charge in [-0.15, -0.1) is 0 Å². The number of benzene rings is 1. The van der Waals surface area contributed by atoms with Crippen LogP contribution in [0.15, 0.2) is 24.3 Å². The van der Waals surface area contributed by atoms with E-state index in [1.165, 1.54) is 32.1 Å². The Morgan fingerprint density at radius 2 is 1.74 bits per heavy atom. The van der Waals surface area contributed by atoms with Crippen molar-refractivity contribution >= 4 is 35.1 Å². The highest BCUT2D eigenvalue weighted by Crippen LogP contribution is 2.19. The minimum atomic E-state index is -0.847. The van der Waals surface area contributed by atoms with E-state index >= 15 is 0 Å². The van der Waals surface area contributed by atoms with Crippen LogP contribution in [0.2, 0.25) is 0 Å². The number of carbonyl (C=O) groups excluding carboxylic acids is 3. The fourth-order valence-corrected chi connectivity index (χ4v) is 4.48. The SMILES string of the molecule is CCCCCCCCCCOC(=O)CC1C(=O)NCCN1C(=S)NC(=O)c1ccccc1OCCOCC. The normalized spacial score (nSPS) is 15.1. The number of hydrogen-bond acceptors (Lipinski definition) is 7. The lowest BCUT2D eigenvalue weighted by atomic mass is 10.1. The van der Waals surface area contributed by atoms with Gasteiger partial charge in [-0.2, -0.15) is 0 Å². The Bertz CT molecular complexity index is 897. The number of para-hydroxylation sites is 1. The maximum absolute atomic E-state index is 13.0. The quantitative estimate of drug-likeness (QED) is 0.171. The molecule has 2 rings (SSSR count). The zero-order chi connectivity index (χ0) is 27.6. The second-order valence-corrected chi connectivity index (χ2v) is 9.59. The van der Waals surface area contributed by atoms with Crippen molar-refractivity contribution in [3.63, 3.8) is 0 Å². The average Bonchev–Trinajstić information content (AvgIpc) is 2.91. The number of nitrogens with zero attached hydrogens (tertiary/aromatic N) is 1. The lowest BCUT2D eigenvalue weighted by molar-refractivity contribution is -0.147. The summed E-state index contributed by atoms with van der Waals surface area (Å²) in [5.74, 6) is -0.826. The first kappa shape index (κ1) is 31.5. The molecule has 1 unspecified atom stereocenters. The molecular weight excluding hydrogens is 506 g/mol. The van der Waals surface area contributed by atoms with Gasteiger partial charge in [-0.25, -0.2) is 0 Å².